The van der Waals surface area contributed by atoms with E-state index >= 15 is 0 Å². The Morgan fingerprint density at radius 3 is 2.53 bits per heavy atom. The Hall–Kier alpha value is -0.860. The number of benzene rings is 1. The fraction of sp³-hybridized carbons (Fsp3) is 0.600. The molecule has 96 valence electrons. The molecule has 1 aromatic carbocycles. The molecule has 0 spiro atoms. The fourth-order valence-corrected chi connectivity index (χ4v) is 1.84. The Labute approximate surface area is 105 Å². The summed E-state index contributed by atoms with van der Waals surface area (Å²) >= 11 is 0. The van der Waals surface area contributed by atoms with Crippen LogP contribution in [0.15, 0.2) is 18.2 Å². The fourth-order valence-electron chi connectivity index (χ4n) is 1.84. The van der Waals surface area contributed by atoms with Crippen molar-refractivity contribution >= 4 is 0 Å². The van der Waals surface area contributed by atoms with Crippen LogP contribution < -0.4 is 5.32 Å². The van der Waals surface area contributed by atoms with Gasteiger partial charge in [-0.25, -0.2) is 0 Å². The number of hydrogen-bond donors (Lipinski definition) is 2. The van der Waals surface area contributed by atoms with Crippen molar-refractivity contribution < 1.29 is 5.11 Å². The molecule has 0 heterocycles. The highest BCUT2D eigenvalue weighted by atomic mass is 16.3. The van der Waals surface area contributed by atoms with Crippen LogP contribution in [0.3, 0.4) is 0 Å². The minimum absolute atomic E-state index is 0.184. The van der Waals surface area contributed by atoms with Crippen LogP contribution in [0.1, 0.15) is 43.4 Å². The van der Waals surface area contributed by atoms with Gasteiger partial charge in [-0.3, -0.25) is 0 Å². The van der Waals surface area contributed by atoms with Crippen LogP contribution in [0, 0.1) is 6.92 Å². The summed E-state index contributed by atoms with van der Waals surface area (Å²) in [5, 5.41) is 12.2. The lowest BCUT2D eigenvalue weighted by Gasteiger charge is -2.14. The molecule has 2 N–H and O–H groups in total. The van der Waals surface area contributed by atoms with E-state index in [1.165, 1.54) is 16.7 Å². The Balaban J connectivity index is 2.60. The van der Waals surface area contributed by atoms with E-state index in [9.17, 15) is 0 Å². The minimum atomic E-state index is 0.184. The zero-order valence-corrected chi connectivity index (χ0v) is 11.5. The average Bonchev–Trinajstić information content (AvgIpc) is 2.30. The van der Waals surface area contributed by atoms with Crippen LogP contribution in [0.2, 0.25) is 0 Å². The summed E-state index contributed by atoms with van der Waals surface area (Å²) in [4.78, 5) is 0. The predicted octanol–water partition coefficient (Wildman–Crippen LogP) is 2.63. The molecule has 0 fully saturated rings. The number of aliphatic hydroxyl groups excluding tert-OH is 1. The molecule has 1 rings (SSSR count). The summed E-state index contributed by atoms with van der Waals surface area (Å²) in [5.41, 5.74) is 4.17. The second kappa shape index (κ2) is 6.77. The van der Waals surface area contributed by atoms with Crippen molar-refractivity contribution in [1.82, 2.24) is 5.32 Å². The summed E-state index contributed by atoms with van der Waals surface area (Å²) in [6.45, 7) is 9.72. The third-order valence-corrected chi connectivity index (χ3v) is 3.20. The van der Waals surface area contributed by atoms with E-state index in [2.05, 4.69) is 44.3 Å². The van der Waals surface area contributed by atoms with Crippen LogP contribution in [-0.4, -0.2) is 24.3 Å². The van der Waals surface area contributed by atoms with E-state index in [-0.39, 0.29) is 12.6 Å². The second-order valence-electron chi connectivity index (χ2n) is 5.13. The van der Waals surface area contributed by atoms with E-state index in [4.69, 9.17) is 5.11 Å². The molecule has 2 heteroatoms. The molecule has 0 aliphatic rings. The Morgan fingerprint density at radius 1 is 1.24 bits per heavy atom. The maximum absolute atomic E-state index is 8.94. The van der Waals surface area contributed by atoms with Gasteiger partial charge >= 0.3 is 0 Å². The maximum atomic E-state index is 8.94. The molecule has 0 saturated carbocycles. The van der Waals surface area contributed by atoms with E-state index in [0.717, 1.165) is 13.0 Å². The van der Waals surface area contributed by atoms with Crippen molar-refractivity contribution in [1.29, 1.82) is 0 Å². The lowest BCUT2D eigenvalue weighted by atomic mass is 9.96. The van der Waals surface area contributed by atoms with Gasteiger partial charge in [0, 0.05) is 6.04 Å². The average molecular weight is 235 g/mol. The van der Waals surface area contributed by atoms with Crippen molar-refractivity contribution in [2.45, 2.75) is 46.1 Å². The van der Waals surface area contributed by atoms with Gasteiger partial charge in [0.05, 0.1) is 6.61 Å². The molecule has 0 aliphatic heterocycles. The topological polar surface area (TPSA) is 32.3 Å². The third-order valence-electron chi connectivity index (χ3n) is 3.20. The molecule has 0 aromatic heterocycles. The first-order chi connectivity index (χ1) is 8.04. The van der Waals surface area contributed by atoms with Crippen LogP contribution in [-0.2, 0) is 6.42 Å². The van der Waals surface area contributed by atoms with E-state index in [1.807, 2.05) is 6.92 Å². The maximum Gasteiger partial charge on any atom is 0.0581 e. The monoisotopic (exact) mass is 235 g/mol. The summed E-state index contributed by atoms with van der Waals surface area (Å²) < 4.78 is 0. The first kappa shape index (κ1) is 14.2. The van der Waals surface area contributed by atoms with Crippen molar-refractivity contribution in [3.05, 3.63) is 34.9 Å². The van der Waals surface area contributed by atoms with Gasteiger partial charge in [0.1, 0.15) is 0 Å². The van der Waals surface area contributed by atoms with Gasteiger partial charge in [0.25, 0.3) is 0 Å². The number of rotatable bonds is 6. The number of aryl methyl sites for hydroxylation is 1. The predicted molar refractivity (Wildman–Crippen MR) is 73.5 cm³/mol. The van der Waals surface area contributed by atoms with E-state index in [0.29, 0.717) is 5.92 Å². The summed E-state index contributed by atoms with van der Waals surface area (Å²) in [5.74, 6) is 0.582. The highest BCUT2D eigenvalue weighted by molar-refractivity contribution is 5.32. The normalized spacial score (nSPS) is 13.1. The molecule has 1 atom stereocenters. The Kier molecular flexibility index (Phi) is 5.66. The van der Waals surface area contributed by atoms with Gasteiger partial charge in [-0.1, -0.05) is 32.0 Å². The largest absolute Gasteiger partial charge is 0.395 e. The second-order valence-corrected chi connectivity index (χ2v) is 5.13. The first-order valence-corrected chi connectivity index (χ1v) is 6.48. The zero-order valence-electron chi connectivity index (χ0n) is 11.5. The Bertz CT molecular complexity index is 347. The van der Waals surface area contributed by atoms with Gasteiger partial charge in [-0.05, 0) is 49.4 Å². The summed E-state index contributed by atoms with van der Waals surface area (Å²) in [6, 6.07) is 6.92. The van der Waals surface area contributed by atoms with Crippen molar-refractivity contribution in [3.63, 3.8) is 0 Å². The molecule has 0 radical (unpaired) electrons. The zero-order chi connectivity index (χ0) is 12.8. The van der Waals surface area contributed by atoms with Crippen LogP contribution in [0.5, 0.6) is 0 Å². The molecule has 0 saturated heterocycles. The highest BCUT2D eigenvalue weighted by Gasteiger charge is 2.04. The molecule has 0 bridgehead atoms. The molecule has 0 amide bonds. The molecule has 1 aromatic rings. The smallest absolute Gasteiger partial charge is 0.0581 e. The molecule has 17 heavy (non-hydrogen) atoms. The lowest BCUT2D eigenvalue weighted by Crippen LogP contribution is -2.31. The highest BCUT2D eigenvalue weighted by Crippen LogP contribution is 2.18. The van der Waals surface area contributed by atoms with Crippen LogP contribution >= 0.6 is 0 Å². The lowest BCUT2D eigenvalue weighted by molar-refractivity contribution is 0.252. The SMILES string of the molecule is Cc1ccc(C(C)C)cc1CCNC(C)CO. The number of aliphatic hydroxyl groups is 1. The van der Waals surface area contributed by atoms with E-state index < -0.39 is 0 Å². The van der Waals surface area contributed by atoms with Crippen LogP contribution in [0.25, 0.3) is 0 Å². The first-order valence-electron chi connectivity index (χ1n) is 6.48. The molecule has 1 unspecified atom stereocenters. The van der Waals surface area contributed by atoms with Crippen LogP contribution in [0.4, 0.5) is 0 Å². The number of hydrogen-bond acceptors (Lipinski definition) is 2. The van der Waals surface area contributed by atoms with Gasteiger partial charge in [0.2, 0.25) is 0 Å². The molecule has 0 aliphatic carbocycles. The Morgan fingerprint density at radius 2 is 1.94 bits per heavy atom. The van der Waals surface area contributed by atoms with Crippen molar-refractivity contribution in [2.75, 3.05) is 13.2 Å². The minimum Gasteiger partial charge on any atom is -0.395 e. The van der Waals surface area contributed by atoms with Gasteiger partial charge < -0.3 is 10.4 Å². The third kappa shape index (κ3) is 4.49. The van der Waals surface area contributed by atoms with Gasteiger partial charge in [-0.2, -0.15) is 0 Å². The van der Waals surface area contributed by atoms with Gasteiger partial charge in [-0.15, -0.1) is 0 Å². The summed E-state index contributed by atoms with van der Waals surface area (Å²) in [6.07, 6.45) is 1.02. The molecular formula is C15H25NO. The standard InChI is InChI=1S/C15H25NO/c1-11(2)14-6-5-12(3)15(9-14)7-8-16-13(4)10-17/h5-6,9,11,13,16-17H,7-8,10H2,1-4H3. The van der Waals surface area contributed by atoms with Gasteiger partial charge in [0.15, 0.2) is 0 Å². The van der Waals surface area contributed by atoms with Crippen molar-refractivity contribution in [2.24, 2.45) is 0 Å². The molecule has 2 nitrogen and oxygen atoms in total. The van der Waals surface area contributed by atoms with E-state index in [1.54, 1.807) is 0 Å². The molecular weight excluding hydrogens is 210 g/mol. The number of nitrogens with one attached hydrogen (secondary N) is 1. The summed E-state index contributed by atoms with van der Waals surface area (Å²) in [7, 11) is 0. The quantitative estimate of drug-likeness (QED) is 0.794. The van der Waals surface area contributed by atoms with Crippen molar-refractivity contribution in [3.8, 4) is 0 Å².